The van der Waals surface area contributed by atoms with Crippen molar-refractivity contribution in [2.24, 2.45) is 0 Å². The zero-order valence-corrected chi connectivity index (χ0v) is 9.29. The highest BCUT2D eigenvalue weighted by atomic mass is 16.3. The van der Waals surface area contributed by atoms with Gasteiger partial charge in [-0.25, -0.2) is 0 Å². The molecule has 0 aliphatic carbocycles. The Labute approximate surface area is 86.1 Å². The van der Waals surface area contributed by atoms with Crippen LogP contribution in [0, 0.1) is 0 Å². The van der Waals surface area contributed by atoms with E-state index < -0.39 is 0 Å². The predicted octanol–water partition coefficient (Wildman–Crippen LogP) is 1.71. The standard InChI is InChI=1S/C11H20N2O/c1-4-13(3)8-10(2)12-7-11-5-6-14-9-11/h5-6,9-10,12H,4,7-8H2,1-3H3. The second-order valence-corrected chi connectivity index (χ2v) is 3.77. The van der Waals surface area contributed by atoms with Crippen molar-refractivity contribution >= 4 is 0 Å². The summed E-state index contributed by atoms with van der Waals surface area (Å²) in [6, 6.07) is 2.50. The van der Waals surface area contributed by atoms with E-state index in [1.165, 1.54) is 5.56 Å². The van der Waals surface area contributed by atoms with Crippen molar-refractivity contribution in [2.75, 3.05) is 20.1 Å². The van der Waals surface area contributed by atoms with Crippen LogP contribution in [0.4, 0.5) is 0 Å². The summed E-state index contributed by atoms with van der Waals surface area (Å²) in [5.74, 6) is 0. The molecule has 1 rings (SSSR count). The van der Waals surface area contributed by atoms with Gasteiger partial charge in [0, 0.05) is 24.7 Å². The van der Waals surface area contributed by atoms with Crippen LogP contribution in [0.15, 0.2) is 23.0 Å². The lowest BCUT2D eigenvalue weighted by molar-refractivity contribution is 0.309. The molecular formula is C11H20N2O. The Morgan fingerprint density at radius 1 is 1.57 bits per heavy atom. The lowest BCUT2D eigenvalue weighted by Crippen LogP contribution is -2.36. The van der Waals surface area contributed by atoms with Crippen LogP contribution in [0.1, 0.15) is 19.4 Å². The molecule has 1 N–H and O–H groups in total. The minimum Gasteiger partial charge on any atom is -0.472 e. The number of nitrogens with zero attached hydrogens (tertiary/aromatic N) is 1. The van der Waals surface area contributed by atoms with Crippen molar-refractivity contribution in [1.29, 1.82) is 0 Å². The Morgan fingerprint density at radius 3 is 2.93 bits per heavy atom. The van der Waals surface area contributed by atoms with Crippen LogP contribution in [0.25, 0.3) is 0 Å². The first kappa shape index (κ1) is 11.3. The zero-order chi connectivity index (χ0) is 10.4. The number of hydrogen-bond acceptors (Lipinski definition) is 3. The van der Waals surface area contributed by atoms with E-state index in [2.05, 4.69) is 31.1 Å². The predicted molar refractivity (Wildman–Crippen MR) is 58.2 cm³/mol. The normalized spacial score (nSPS) is 13.4. The molecule has 0 fully saturated rings. The molecule has 1 heterocycles. The molecule has 0 bridgehead atoms. The minimum absolute atomic E-state index is 0.509. The van der Waals surface area contributed by atoms with Crippen LogP contribution in [-0.2, 0) is 6.54 Å². The van der Waals surface area contributed by atoms with Crippen molar-refractivity contribution in [2.45, 2.75) is 26.4 Å². The van der Waals surface area contributed by atoms with Gasteiger partial charge in [-0.3, -0.25) is 0 Å². The lowest BCUT2D eigenvalue weighted by atomic mass is 10.2. The van der Waals surface area contributed by atoms with Gasteiger partial charge in [0.05, 0.1) is 12.5 Å². The Balaban J connectivity index is 2.18. The van der Waals surface area contributed by atoms with Crippen molar-refractivity contribution < 1.29 is 4.42 Å². The molecule has 0 saturated carbocycles. The van der Waals surface area contributed by atoms with Gasteiger partial charge in [0.2, 0.25) is 0 Å². The molecule has 1 atom stereocenters. The quantitative estimate of drug-likeness (QED) is 0.751. The van der Waals surface area contributed by atoms with Crippen molar-refractivity contribution in [3.63, 3.8) is 0 Å². The van der Waals surface area contributed by atoms with E-state index >= 15 is 0 Å². The Bertz CT molecular complexity index is 233. The van der Waals surface area contributed by atoms with Gasteiger partial charge in [0.15, 0.2) is 0 Å². The van der Waals surface area contributed by atoms with Gasteiger partial charge in [-0.1, -0.05) is 6.92 Å². The maximum absolute atomic E-state index is 5.00. The van der Waals surface area contributed by atoms with E-state index in [-0.39, 0.29) is 0 Å². The van der Waals surface area contributed by atoms with E-state index in [4.69, 9.17) is 4.42 Å². The molecule has 80 valence electrons. The van der Waals surface area contributed by atoms with Crippen LogP contribution in [0.2, 0.25) is 0 Å². The average molecular weight is 196 g/mol. The maximum Gasteiger partial charge on any atom is 0.0947 e. The summed E-state index contributed by atoms with van der Waals surface area (Å²) >= 11 is 0. The van der Waals surface area contributed by atoms with Crippen LogP contribution in [0.3, 0.4) is 0 Å². The van der Waals surface area contributed by atoms with Crippen LogP contribution >= 0.6 is 0 Å². The molecule has 0 aromatic carbocycles. The van der Waals surface area contributed by atoms with Gasteiger partial charge < -0.3 is 14.6 Å². The Kier molecular flexibility index (Phi) is 4.70. The third kappa shape index (κ3) is 3.94. The SMILES string of the molecule is CCN(C)CC(C)NCc1ccoc1. The molecule has 0 saturated heterocycles. The van der Waals surface area contributed by atoms with Gasteiger partial charge in [0.1, 0.15) is 0 Å². The smallest absolute Gasteiger partial charge is 0.0947 e. The highest BCUT2D eigenvalue weighted by Crippen LogP contribution is 1.99. The van der Waals surface area contributed by atoms with Crippen molar-refractivity contribution in [3.8, 4) is 0 Å². The van der Waals surface area contributed by atoms with Gasteiger partial charge in [0.25, 0.3) is 0 Å². The first-order valence-electron chi connectivity index (χ1n) is 5.15. The van der Waals surface area contributed by atoms with Gasteiger partial charge in [-0.2, -0.15) is 0 Å². The summed E-state index contributed by atoms with van der Waals surface area (Å²) in [6.07, 6.45) is 3.49. The lowest BCUT2D eigenvalue weighted by Gasteiger charge is -2.20. The molecule has 0 spiro atoms. The minimum atomic E-state index is 0.509. The van der Waals surface area contributed by atoms with E-state index in [0.717, 1.165) is 19.6 Å². The second-order valence-electron chi connectivity index (χ2n) is 3.77. The number of rotatable bonds is 6. The van der Waals surface area contributed by atoms with E-state index in [1.807, 2.05) is 6.07 Å². The summed E-state index contributed by atoms with van der Waals surface area (Å²) in [4.78, 5) is 2.30. The van der Waals surface area contributed by atoms with E-state index in [1.54, 1.807) is 12.5 Å². The molecule has 3 nitrogen and oxygen atoms in total. The third-order valence-corrected chi connectivity index (χ3v) is 2.36. The molecule has 1 aromatic rings. The summed E-state index contributed by atoms with van der Waals surface area (Å²) in [5, 5.41) is 3.45. The molecule has 3 heteroatoms. The second kappa shape index (κ2) is 5.83. The molecule has 0 amide bonds. The fourth-order valence-electron chi connectivity index (χ4n) is 1.35. The first-order chi connectivity index (χ1) is 6.72. The molecule has 0 aliphatic heterocycles. The van der Waals surface area contributed by atoms with E-state index in [0.29, 0.717) is 6.04 Å². The Morgan fingerprint density at radius 2 is 2.36 bits per heavy atom. The van der Waals surface area contributed by atoms with Crippen LogP contribution in [-0.4, -0.2) is 31.1 Å². The highest BCUT2D eigenvalue weighted by Gasteiger charge is 2.04. The topological polar surface area (TPSA) is 28.4 Å². The maximum atomic E-state index is 5.00. The summed E-state index contributed by atoms with van der Waals surface area (Å²) in [5.41, 5.74) is 1.20. The van der Waals surface area contributed by atoms with Crippen molar-refractivity contribution in [1.82, 2.24) is 10.2 Å². The number of likely N-dealkylation sites (N-methyl/N-ethyl adjacent to an activating group) is 1. The summed E-state index contributed by atoms with van der Waals surface area (Å²) < 4.78 is 5.00. The van der Waals surface area contributed by atoms with E-state index in [9.17, 15) is 0 Å². The molecule has 0 radical (unpaired) electrons. The molecule has 0 aliphatic rings. The fraction of sp³-hybridized carbons (Fsp3) is 0.636. The molecular weight excluding hydrogens is 176 g/mol. The monoisotopic (exact) mass is 196 g/mol. The number of nitrogens with one attached hydrogen (secondary N) is 1. The van der Waals surface area contributed by atoms with Gasteiger partial charge >= 0.3 is 0 Å². The third-order valence-electron chi connectivity index (χ3n) is 2.36. The summed E-state index contributed by atoms with van der Waals surface area (Å²) in [6.45, 7) is 7.43. The van der Waals surface area contributed by atoms with Crippen LogP contribution in [0.5, 0.6) is 0 Å². The molecule has 1 unspecified atom stereocenters. The molecule has 14 heavy (non-hydrogen) atoms. The number of hydrogen-bond donors (Lipinski definition) is 1. The fourth-order valence-corrected chi connectivity index (χ4v) is 1.35. The first-order valence-corrected chi connectivity index (χ1v) is 5.15. The van der Waals surface area contributed by atoms with Gasteiger partial charge in [-0.15, -0.1) is 0 Å². The summed E-state index contributed by atoms with van der Waals surface area (Å²) in [7, 11) is 2.13. The van der Waals surface area contributed by atoms with Crippen LogP contribution < -0.4 is 5.32 Å². The zero-order valence-electron chi connectivity index (χ0n) is 9.29. The Hall–Kier alpha value is -0.800. The highest BCUT2D eigenvalue weighted by molar-refractivity contribution is 5.04. The number of furan rings is 1. The largest absolute Gasteiger partial charge is 0.472 e. The van der Waals surface area contributed by atoms with Gasteiger partial charge in [-0.05, 0) is 26.6 Å². The average Bonchev–Trinajstić information content (AvgIpc) is 2.67. The molecule has 1 aromatic heterocycles. The van der Waals surface area contributed by atoms with Crippen molar-refractivity contribution in [3.05, 3.63) is 24.2 Å².